The number of fused-ring (bicyclic) bond motifs is 1. The maximum Gasteiger partial charge on any atom is 0.261 e. The zero-order chi connectivity index (χ0) is 13.3. The van der Waals surface area contributed by atoms with E-state index in [2.05, 4.69) is 4.98 Å². The lowest BCUT2D eigenvalue weighted by Gasteiger charge is -2.14. The minimum Gasteiger partial charge on any atom is -0.340 e. The van der Waals surface area contributed by atoms with Crippen molar-refractivity contribution >= 4 is 22.5 Å². The van der Waals surface area contributed by atoms with Crippen molar-refractivity contribution in [3.05, 3.63) is 39.4 Å². The third-order valence-corrected chi connectivity index (χ3v) is 3.41. The molecule has 2 aromatic rings. The molecule has 5 heteroatoms. The molecule has 0 saturated heterocycles. The van der Waals surface area contributed by atoms with Crippen molar-refractivity contribution in [1.82, 2.24) is 9.55 Å². The minimum atomic E-state index is 0.00265. The molecule has 2 N–H and O–H groups in total. The maximum absolute atomic E-state index is 12.4. The van der Waals surface area contributed by atoms with Crippen LogP contribution in [-0.2, 0) is 6.54 Å². The summed E-state index contributed by atoms with van der Waals surface area (Å²) in [6, 6.07) is 5.34. The molecule has 2 rings (SSSR count). The predicted octanol–water partition coefficient (Wildman–Crippen LogP) is 1.32. The molecule has 0 unspecified atom stereocenters. The minimum absolute atomic E-state index is 0.00265. The standard InChI is InChI=1S/C13H16ClN3O/c1-4-17-12(8(2)15-3)16-11-7-9(14)5-6-10(11)13(17)18/h5-8,15H,4H2,1-3H3/p+1/t8-/m0/s1. The van der Waals surface area contributed by atoms with E-state index in [1.807, 2.05) is 26.2 Å². The average Bonchev–Trinajstić information content (AvgIpc) is 2.37. The fraction of sp³-hybridized carbons (Fsp3) is 0.385. The van der Waals surface area contributed by atoms with Gasteiger partial charge in [-0.3, -0.25) is 9.36 Å². The van der Waals surface area contributed by atoms with Crippen molar-refractivity contribution in [3.8, 4) is 0 Å². The Kier molecular flexibility index (Phi) is 3.68. The predicted molar refractivity (Wildman–Crippen MR) is 73.0 cm³/mol. The van der Waals surface area contributed by atoms with Crippen molar-refractivity contribution in [1.29, 1.82) is 0 Å². The maximum atomic E-state index is 12.4. The van der Waals surface area contributed by atoms with Crippen LogP contribution in [0.5, 0.6) is 0 Å². The summed E-state index contributed by atoms with van der Waals surface area (Å²) < 4.78 is 1.72. The Labute approximate surface area is 111 Å². The Morgan fingerprint density at radius 2 is 2.22 bits per heavy atom. The van der Waals surface area contributed by atoms with Gasteiger partial charge in [0.1, 0.15) is 6.04 Å². The molecule has 0 amide bonds. The quantitative estimate of drug-likeness (QED) is 0.911. The van der Waals surface area contributed by atoms with Crippen molar-refractivity contribution < 1.29 is 5.32 Å². The number of nitrogens with zero attached hydrogens (tertiary/aromatic N) is 2. The van der Waals surface area contributed by atoms with Crippen molar-refractivity contribution in [2.45, 2.75) is 26.4 Å². The van der Waals surface area contributed by atoms with Crippen molar-refractivity contribution in [2.24, 2.45) is 0 Å². The highest BCUT2D eigenvalue weighted by atomic mass is 35.5. The second kappa shape index (κ2) is 5.08. The van der Waals surface area contributed by atoms with Crippen molar-refractivity contribution in [2.75, 3.05) is 7.05 Å². The molecule has 96 valence electrons. The highest BCUT2D eigenvalue weighted by molar-refractivity contribution is 6.31. The molecular formula is C13H17ClN3O+. The van der Waals surface area contributed by atoms with Crippen LogP contribution in [0.15, 0.2) is 23.0 Å². The fourth-order valence-electron chi connectivity index (χ4n) is 2.01. The SMILES string of the molecule is CCn1c([C@H](C)[NH2+]C)nc2cc(Cl)ccc2c1=O. The van der Waals surface area contributed by atoms with Crippen LogP contribution in [0.2, 0.25) is 5.02 Å². The molecule has 0 saturated carbocycles. The number of halogens is 1. The summed E-state index contributed by atoms with van der Waals surface area (Å²) in [7, 11) is 1.97. The second-order valence-corrected chi connectivity index (χ2v) is 4.74. The molecule has 4 nitrogen and oxygen atoms in total. The molecule has 0 spiro atoms. The molecule has 18 heavy (non-hydrogen) atoms. The summed E-state index contributed by atoms with van der Waals surface area (Å²) in [5.41, 5.74) is 0.670. The number of quaternary nitrogens is 1. The number of benzene rings is 1. The normalized spacial score (nSPS) is 12.9. The molecule has 0 bridgehead atoms. The van der Waals surface area contributed by atoms with Gasteiger partial charge in [0.2, 0.25) is 0 Å². The third-order valence-electron chi connectivity index (χ3n) is 3.17. The molecule has 0 radical (unpaired) electrons. The van der Waals surface area contributed by atoms with E-state index in [-0.39, 0.29) is 11.6 Å². The Morgan fingerprint density at radius 3 is 2.83 bits per heavy atom. The van der Waals surface area contributed by atoms with Crippen LogP contribution in [0.1, 0.15) is 25.7 Å². The average molecular weight is 267 g/mol. The first-order valence-electron chi connectivity index (χ1n) is 6.08. The van der Waals surface area contributed by atoms with Crippen LogP contribution in [0.3, 0.4) is 0 Å². The van der Waals surface area contributed by atoms with Crippen LogP contribution < -0.4 is 10.9 Å². The van der Waals surface area contributed by atoms with E-state index in [9.17, 15) is 4.79 Å². The van der Waals surface area contributed by atoms with Gasteiger partial charge in [-0.1, -0.05) is 11.6 Å². The van der Waals surface area contributed by atoms with Gasteiger partial charge in [0.15, 0.2) is 5.82 Å². The van der Waals surface area contributed by atoms with Gasteiger partial charge in [0.05, 0.1) is 18.0 Å². The highest BCUT2D eigenvalue weighted by Gasteiger charge is 2.16. The van der Waals surface area contributed by atoms with Crippen LogP contribution in [0, 0.1) is 0 Å². The zero-order valence-electron chi connectivity index (χ0n) is 10.8. The van der Waals surface area contributed by atoms with E-state index in [1.54, 1.807) is 22.8 Å². The first-order valence-corrected chi connectivity index (χ1v) is 6.45. The monoisotopic (exact) mass is 266 g/mol. The summed E-state index contributed by atoms with van der Waals surface area (Å²) in [6.45, 7) is 4.61. The third kappa shape index (κ3) is 2.13. The topological polar surface area (TPSA) is 51.5 Å². The summed E-state index contributed by atoms with van der Waals surface area (Å²) in [4.78, 5) is 17.0. The Hall–Kier alpha value is -1.39. The lowest BCUT2D eigenvalue weighted by atomic mass is 10.2. The van der Waals surface area contributed by atoms with Crippen LogP contribution in [-0.4, -0.2) is 16.6 Å². The van der Waals surface area contributed by atoms with Gasteiger partial charge < -0.3 is 5.32 Å². The van der Waals surface area contributed by atoms with E-state index >= 15 is 0 Å². The fourth-order valence-corrected chi connectivity index (χ4v) is 2.18. The number of aromatic nitrogens is 2. The van der Waals surface area contributed by atoms with Crippen LogP contribution in [0.25, 0.3) is 10.9 Å². The van der Waals surface area contributed by atoms with E-state index < -0.39 is 0 Å². The van der Waals surface area contributed by atoms with E-state index in [0.717, 1.165) is 5.82 Å². The van der Waals surface area contributed by atoms with Gasteiger partial charge in [-0.05, 0) is 32.0 Å². The second-order valence-electron chi connectivity index (χ2n) is 4.30. The van der Waals surface area contributed by atoms with Gasteiger partial charge in [0.25, 0.3) is 5.56 Å². The molecule has 1 heterocycles. The largest absolute Gasteiger partial charge is 0.340 e. The van der Waals surface area contributed by atoms with E-state index in [1.165, 1.54) is 0 Å². The lowest BCUT2D eigenvalue weighted by Crippen LogP contribution is -2.80. The first kappa shape index (κ1) is 13.1. The lowest BCUT2D eigenvalue weighted by molar-refractivity contribution is -0.668. The number of nitrogens with two attached hydrogens (primary N) is 1. The van der Waals surface area contributed by atoms with E-state index in [4.69, 9.17) is 11.6 Å². The van der Waals surface area contributed by atoms with Crippen LogP contribution >= 0.6 is 11.6 Å². The molecule has 1 atom stereocenters. The molecule has 0 aliphatic rings. The summed E-state index contributed by atoms with van der Waals surface area (Å²) in [6.07, 6.45) is 0. The van der Waals surface area contributed by atoms with Gasteiger partial charge >= 0.3 is 0 Å². The first-order chi connectivity index (χ1) is 8.58. The molecule has 1 aromatic heterocycles. The van der Waals surface area contributed by atoms with Crippen LogP contribution in [0.4, 0.5) is 0 Å². The Morgan fingerprint density at radius 1 is 1.50 bits per heavy atom. The highest BCUT2D eigenvalue weighted by Crippen LogP contribution is 2.16. The Bertz CT molecular complexity index is 636. The van der Waals surface area contributed by atoms with Gasteiger partial charge in [-0.15, -0.1) is 0 Å². The smallest absolute Gasteiger partial charge is 0.261 e. The molecular weight excluding hydrogens is 250 g/mol. The number of hydrogen-bond acceptors (Lipinski definition) is 2. The molecule has 0 fully saturated rings. The number of hydrogen-bond donors (Lipinski definition) is 1. The molecule has 0 aliphatic carbocycles. The van der Waals surface area contributed by atoms with Gasteiger partial charge in [0, 0.05) is 11.6 Å². The molecule has 0 aliphatic heterocycles. The summed E-state index contributed by atoms with van der Waals surface area (Å²) >= 11 is 5.95. The summed E-state index contributed by atoms with van der Waals surface area (Å²) in [5.74, 6) is 0.791. The van der Waals surface area contributed by atoms with Gasteiger partial charge in [-0.25, -0.2) is 4.98 Å². The van der Waals surface area contributed by atoms with Crippen molar-refractivity contribution in [3.63, 3.8) is 0 Å². The van der Waals surface area contributed by atoms with E-state index in [0.29, 0.717) is 22.5 Å². The van der Waals surface area contributed by atoms with Gasteiger partial charge in [-0.2, -0.15) is 0 Å². The Balaban J connectivity index is 2.82. The summed E-state index contributed by atoms with van der Waals surface area (Å²) in [5, 5.41) is 3.25. The molecule has 1 aromatic carbocycles. The number of rotatable bonds is 3. The zero-order valence-corrected chi connectivity index (χ0v) is 11.5.